The first-order valence-corrected chi connectivity index (χ1v) is 4.72. The monoisotopic (exact) mass is 221 g/mol. The van der Waals surface area contributed by atoms with Crippen LogP contribution in [0.5, 0.6) is 0 Å². The fraction of sp³-hybridized carbons (Fsp3) is 0.273. The summed E-state index contributed by atoms with van der Waals surface area (Å²) in [5, 5.41) is 11.1. The number of amides is 1. The van der Waals surface area contributed by atoms with Crippen LogP contribution in [0.3, 0.4) is 0 Å². The van der Waals surface area contributed by atoms with Crippen LogP contribution in [0.2, 0.25) is 0 Å². The Morgan fingerprint density at radius 2 is 2.25 bits per heavy atom. The Labute approximate surface area is 92.9 Å². The van der Waals surface area contributed by atoms with Gasteiger partial charge in [-0.1, -0.05) is 0 Å². The lowest BCUT2D eigenvalue weighted by Crippen LogP contribution is -2.32. The maximum atomic E-state index is 13.3. The molecule has 0 aliphatic rings. The van der Waals surface area contributed by atoms with Crippen molar-refractivity contribution in [3.63, 3.8) is 0 Å². The van der Waals surface area contributed by atoms with Crippen LogP contribution in [0.25, 0.3) is 0 Å². The molecule has 0 saturated heterocycles. The van der Waals surface area contributed by atoms with Crippen molar-refractivity contribution < 1.29 is 9.18 Å². The number of carbonyl (C=O) groups excluding carboxylic acids is 1. The highest BCUT2D eigenvalue weighted by Crippen LogP contribution is 2.20. The summed E-state index contributed by atoms with van der Waals surface area (Å²) in [6, 6.07) is 3.67. The number of nitriles is 1. The minimum atomic E-state index is -0.687. The zero-order valence-electron chi connectivity index (χ0n) is 9.04. The van der Waals surface area contributed by atoms with E-state index in [4.69, 9.17) is 11.0 Å². The minimum absolute atomic E-state index is 0.156. The average Bonchev–Trinajstić information content (AvgIpc) is 2.24. The van der Waals surface area contributed by atoms with Gasteiger partial charge in [-0.15, -0.1) is 0 Å². The van der Waals surface area contributed by atoms with Crippen LogP contribution < -0.4 is 11.1 Å². The van der Waals surface area contributed by atoms with Crippen molar-refractivity contribution in [2.24, 2.45) is 5.73 Å². The van der Waals surface area contributed by atoms with Gasteiger partial charge in [-0.2, -0.15) is 5.26 Å². The van der Waals surface area contributed by atoms with E-state index >= 15 is 0 Å². The van der Waals surface area contributed by atoms with E-state index in [1.807, 2.05) is 6.07 Å². The molecule has 3 N–H and O–H groups in total. The van der Waals surface area contributed by atoms with E-state index in [2.05, 4.69) is 5.32 Å². The topological polar surface area (TPSA) is 78.9 Å². The summed E-state index contributed by atoms with van der Waals surface area (Å²) in [5.41, 5.74) is 6.09. The Morgan fingerprint density at radius 1 is 1.62 bits per heavy atom. The molecule has 0 spiro atoms. The molecule has 1 rings (SSSR count). The van der Waals surface area contributed by atoms with Crippen LogP contribution in [0.1, 0.15) is 18.1 Å². The third kappa shape index (κ3) is 2.55. The van der Waals surface area contributed by atoms with Gasteiger partial charge in [0.2, 0.25) is 5.91 Å². The third-order valence-electron chi connectivity index (χ3n) is 2.14. The summed E-state index contributed by atoms with van der Waals surface area (Å²) in [5.74, 6) is -0.948. The molecule has 0 heterocycles. The third-order valence-corrected chi connectivity index (χ3v) is 2.14. The Bertz CT molecular complexity index is 463. The number of anilines is 1. The van der Waals surface area contributed by atoms with E-state index in [9.17, 15) is 9.18 Å². The van der Waals surface area contributed by atoms with Crippen molar-refractivity contribution in [1.82, 2.24) is 0 Å². The number of benzene rings is 1. The van der Waals surface area contributed by atoms with Crippen LogP contribution >= 0.6 is 0 Å². The second-order valence-electron chi connectivity index (χ2n) is 3.52. The zero-order chi connectivity index (χ0) is 12.3. The second-order valence-corrected chi connectivity index (χ2v) is 3.52. The van der Waals surface area contributed by atoms with Gasteiger partial charge in [0.05, 0.1) is 17.7 Å². The quantitative estimate of drug-likeness (QED) is 0.789. The normalized spacial score (nSPS) is 11.7. The maximum absolute atomic E-state index is 13.3. The van der Waals surface area contributed by atoms with E-state index in [1.54, 1.807) is 0 Å². The van der Waals surface area contributed by atoms with Gasteiger partial charge < -0.3 is 11.1 Å². The number of rotatable bonds is 2. The van der Waals surface area contributed by atoms with Crippen molar-refractivity contribution in [2.75, 3.05) is 5.32 Å². The van der Waals surface area contributed by atoms with Crippen LogP contribution in [-0.2, 0) is 4.79 Å². The lowest BCUT2D eigenvalue weighted by atomic mass is 10.1. The Kier molecular flexibility index (Phi) is 3.59. The molecule has 5 heteroatoms. The molecule has 0 aliphatic carbocycles. The number of carbonyl (C=O) groups is 1. The number of nitrogens with one attached hydrogen (secondary N) is 1. The molecule has 1 aromatic rings. The largest absolute Gasteiger partial charge is 0.324 e. The number of nitrogens with zero attached hydrogens (tertiary/aromatic N) is 1. The highest BCUT2D eigenvalue weighted by atomic mass is 19.1. The smallest absolute Gasteiger partial charge is 0.241 e. The highest BCUT2D eigenvalue weighted by molar-refractivity contribution is 5.95. The van der Waals surface area contributed by atoms with Gasteiger partial charge in [0.15, 0.2) is 0 Å². The van der Waals surface area contributed by atoms with Gasteiger partial charge in [-0.3, -0.25) is 4.79 Å². The number of hydrogen-bond donors (Lipinski definition) is 2. The Hall–Kier alpha value is -1.93. The van der Waals surface area contributed by atoms with Crippen LogP contribution in [0.4, 0.5) is 10.1 Å². The molecule has 1 amide bonds. The highest BCUT2D eigenvalue weighted by Gasteiger charge is 2.12. The van der Waals surface area contributed by atoms with Crippen molar-refractivity contribution in [3.05, 3.63) is 29.1 Å². The molecule has 0 fully saturated rings. The fourth-order valence-corrected chi connectivity index (χ4v) is 1.12. The molecule has 0 radical (unpaired) electrons. The van der Waals surface area contributed by atoms with E-state index in [0.29, 0.717) is 0 Å². The molecular formula is C11H12FN3O. The fourth-order valence-electron chi connectivity index (χ4n) is 1.12. The molecule has 0 aromatic heterocycles. The summed E-state index contributed by atoms with van der Waals surface area (Å²) >= 11 is 0. The predicted octanol–water partition coefficient (Wildman–Crippen LogP) is 1.29. The van der Waals surface area contributed by atoms with Crippen LogP contribution in [-0.4, -0.2) is 11.9 Å². The molecular weight excluding hydrogens is 209 g/mol. The summed E-state index contributed by atoms with van der Waals surface area (Å²) in [6.07, 6.45) is 0. The van der Waals surface area contributed by atoms with E-state index in [0.717, 1.165) is 6.07 Å². The predicted molar refractivity (Wildman–Crippen MR) is 58.1 cm³/mol. The molecule has 4 nitrogen and oxygen atoms in total. The average molecular weight is 221 g/mol. The molecule has 0 saturated carbocycles. The van der Waals surface area contributed by atoms with Gasteiger partial charge in [0.25, 0.3) is 0 Å². The maximum Gasteiger partial charge on any atom is 0.241 e. The molecule has 16 heavy (non-hydrogen) atoms. The Morgan fingerprint density at radius 3 is 2.75 bits per heavy atom. The van der Waals surface area contributed by atoms with Crippen LogP contribution in [0, 0.1) is 24.1 Å². The minimum Gasteiger partial charge on any atom is -0.324 e. The molecule has 84 valence electrons. The van der Waals surface area contributed by atoms with Gasteiger partial charge >= 0.3 is 0 Å². The van der Waals surface area contributed by atoms with Gasteiger partial charge in [0.1, 0.15) is 5.82 Å². The molecule has 1 aromatic carbocycles. The van der Waals surface area contributed by atoms with Gasteiger partial charge in [-0.05, 0) is 26.0 Å². The van der Waals surface area contributed by atoms with Gasteiger partial charge in [0, 0.05) is 11.3 Å². The van der Waals surface area contributed by atoms with E-state index in [1.165, 1.54) is 19.9 Å². The van der Waals surface area contributed by atoms with Crippen molar-refractivity contribution >= 4 is 11.6 Å². The first-order chi connectivity index (χ1) is 7.45. The molecule has 1 atom stereocenters. The number of hydrogen-bond acceptors (Lipinski definition) is 3. The zero-order valence-corrected chi connectivity index (χ0v) is 9.04. The van der Waals surface area contributed by atoms with E-state index in [-0.39, 0.29) is 16.8 Å². The summed E-state index contributed by atoms with van der Waals surface area (Å²) in [4.78, 5) is 11.3. The molecule has 0 bridgehead atoms. The van der Waals surface area contributed by atoms with E-state index < -0.39 is 17.8 Å². The first kappa shape index (κ1) is 12.1. The molecule has 0 aliphatic heterocycles. The lowest BCUT2D eigenvalue weighted by Gasteiger charge is -2.11. The standard InChI is InChI=1S/C11H12FN3O/c1-6-9(12)3-8(5-13)4-10(6)15-11(16)7(2)14/h3-4,7H,14H2,1-2H3,(H,15,16)/t7-/m1/s1. The number of halogens is 1. The van der Waals surface area contributed by atoms with Crippen molar-refractivity contribution in [2.45, 2.75) is 19.9 Å². The van der Waals surface area contributed by atoms with Crippen molar-refractivity contribution in [3.8, 4) is 6.07 Å². The summed E-state index contributed by atoms with van der Waals surface area (Å²) in [6.45, 7) is 3.04. The number of nitrogens with two attached hydrogens (primary N) is 1. The summed E-state index contributed by atoms with van der Waals surface area (Å²) < 4.78 is 13.3. The van der Waals surface area contributed by atoms with Gasteiger partial charge in [-0.25, -0.2) is 4.39 Å². The Balaban J connectivity index is 3.09. The first-order valence-electron chi connectivity index (χ1n) is 4.72. The SMILES string of the molecule is Cc1c(F)cc(C#N)cc1NC(=O)[C@@H](C)N. The second kappa shape index (κ2) is 4.73. The summed E-state index contributed by atoms with van der Waals surface area (Å²) in [7, 11) is 0. The molecule has 0 unspecified atom stereocenters. The lowest BCUT2D eigenvalue weighted by molar-refractivity contribution is -0.117. The van der Waals surface area contributed by atoms with Crippen molar-refractivity contribution in [1.29, 1.82) is 5.26 Å². The van der Waals surface area contributed by atoms with Crippen LogP contribution in [0.15, 0.2) is 12.1 Å².